The van der Waals surface area contributed by atoms with Crippen LogP contribution in [-0.2, 0) is 19.1 Å². The summed E-state index contributed by atoms with van der Waals surface area (Å²) >= 11 is 0. The van der Waals surface area contributed by atoms with Crippen molar-refractivity contribution in [2.24, 2.45) is 11.8 Å². The Labute approximate surface area is 147 Å². The largest absolute Gasteiger partial charge is 0.468 e. The molecule has 6 heteroatoms. The van der Waals surface area contributed by atoms with E-state index in [1.165, 1.54) is 14.2 Å². The first-order valence-electron chi connectivity index (χ1n) is 8.62. The lowest BCUT2D eigenvalue weighted by Crippen LogP contribution is -2.56. The van der Waals surface area contributed by atoms with E-state index in [9.17, 15) is 14.4 Å². The van der Waals surface area contributed by atoms with Gasteiger partial charge in [-0.25, -0.2) is 0 Å². The summed E-state index contributed by atoms with van der Waals surface area (Å²) in [5.74, 6) is -2.35. The van der Waals surface area contributed by atoms with E-state index in [1.54, 1.807) is 0 Å². The van der Waals surface area contributed by atoms with Crippen molar-refractivity contribution >= 4 is 17.8 Å². The van der Waals surface area contributed by atoms with E-state index in [2.05, 4.69) is 5.32 Å². The first-order chi connectivity index (χ1) is 11.9. The van der Waals surface area contributed by atoms with Crippen LogP contribution >= 0.6 is 0 Å². The minimum atomic E-state index is -1.17. The van der Waals surface area contributed by atoms with Gasteiger partial charge in [-0.15, -0.1) is 0 Å². The molecule has 2 fully saturated rings. The fourth-order valence-electron chi connectivity index (χ4n) is 4.45. The number of rotatable bonds is 4. The van der Waals surface area contributed by atoms with Gasteiger partial charge in [-0.3, -0.25) is 24.6 Å². The van der Waals surface area contributed by atoms with E-state index in [0.717, 1.165) is 16.0 Å². The Morgan fingerprint density at radius 2 is 1.96 bits per heavy atom. The average Bonchev–Trinajstić information content (AvgIpc) is 3.05. The van der Waals surface area contributed by atoms with Gasteiger partial charge in [-0.2, -0.15) is 0 Å². The van der Waals surface area contributed by atoms with Gasteiger partial charge in [-0.05, 0) is 24.5 Å². The highest BCUT2D eigenvalue weighted by Gasteiger charge is 2.67. The lowest BCUT2D eigenvalue weighted by Gasteiger charge is -2.32. The van der Waals surface area contributed by atoms with Gasteiger partial charge < -0.3 is 4.74 Å². The predicted octanol–water partition coefficient (Wildman–Crippen LogP) is 1.58. The number of nitrogens with one attached hydrogen (secondary N) is 1. The highest BCUT2D eigenvalue weighted by Crippen LogP contribution is 2.50. The van der Waals surface area contributed by atoms with Crippen LogP contribution in [0.4, 0.5) is 0 Å². The maximum absolute atomic E-state index is 12.8. The molecule has 0 radical (unpaired) electrons. The van der Waals surface area contributed by atoms with Gasteiger partial charge >= 0.3 is 5.97 Å². The molecule has 4 unspecified atom stereocenters. The van der Waals surface area contributed by atoms with Gasteiger partial charge in [0, 0.05) is 13.1 Å². The average molecular weight is 344 g/mol. The molecule has 2 amide bonds. The number of carbonyl (C=O) groups is 3. The van der Waals surface area contributed by atoms with E-state index < -0.39 is 29.4 Å². The standard InChI is InChI=1S/C19H24N2O4/c1-5-10-19(18(24)25-4)14-13(16(22)21(3)17(14)23)15(20-19)12-9-7-6-8-11(12)2/h6-9,13-15,20H,5,10H2,1-4H3. The number of hydrogen-bond donors (Lipinski definition) is 1. The molecular formula is C19H24N2O4. The molecule has 134 valence electrons. The van der Waals surface area contributed by atoms with Gasteiger partial charge in [0.15, 0.2) is 0 Å². The lowest BCUT2D eigenvalue weighted by molar-refractivity contribution is -0.154. The first kappa shape index (κ1) is 17.6. The molecule has 25 heavy (non-hydrogen) atoms. The molecule has 1 aromatic carbocycles. The zero-order valence-corrected chi connectivity index (χ0v) is 15.0. The number of imide groups is 1. The van der Waals surface area contributed by atoms with Crippen LogP contribution in [0.5, 0.6) is 0 Å². The van der Waals surface area contributed by atoms with E-state index in [0.29, 0.717) is 12.8 Å². The van der Waals surface area contributed by atoms with Crippen LogP contribution < -0.4 is 5.32 Å². The topological polar surface area (TPSA) is 75.7 Å². The molecule has 2 saturated heterocycles. The second-order valence-electron chi connectivity index (χ2n) is 6.93. The van der Waals surface area contributed by atoms with Crippen LogP contribution in [0.3, 0.4) is 0 Å². The Bertz CT molecular complexity index is 732. The van der Waals surface area contributed by atoms with Gasteiger partial charge in [0.2, 0.25) is 11.8 Å². The number of carbonyl (C=O) groups excluding carboxylic acids is 3. The minimum Gasteiger partial charge on any atom is -0.468 e. The monoisotopic (exact) mass is 344 g/mol. The molecule has 0 aliphatic carbocycles. The van der Waals surface area contributed by atoms with Crippen LogP contribution in [0.2, 0.25) is 0 Å². The molecule has 0 spiro atoms. The van der Waals surface area contributed by atoms with Crippen LogP contribution in [0.1, 0.15) is 36.9 Å². The Kier molecular flexibility index (Phi) is 4.41. The number of fused-ring (bicyclic) bond motifs is 1. The minimum absolute atomic E-state index is 0.238. The van der Waals surface area contributed by atoms with E-state index in [1.807, 2.05) is 38.1 Å². The number of amides is 2. The maximum atomic E-state index is 12.8. The molecule has 1 aromatic rings. The lowest BCUT2D eigenvalue weighted by atomic mass is 9.77. The van der Waals surface area contributed by atoms with Crippen molar-refractivity contribution in [3.05, 3.63) is 35.4 Å². The Morgan fingerprint density at radius 1 is 1.28 bits per heavy atom. The molecule has 6 nitrogen and oxygen atoms in total. The third-order valence-corrected chi connectivity index (χ3v) is 5.59. The van der Waals surface area contributed by atoms with Gasteiger partial charge in [0.05, 0.1) is 18.9 Å². The van der Waals surface area contributed by atoms with E-state index in [4.69, 9.17) is 4.74 Å². The molecule has 4 atom stereocenters. The molecule has 2 aliphatic heterocycles. The Hall–Kier alpha value is -2.21. The van der Waals surface area contributed by atoms with Crippen molar-refractivity contribution < 1.29 is 19.1 Å². The fraction of sp³-hybridized carbons (Fsp3) is 0.526. The molecule has 3 rings (SSSR count). The summed E-state index contributed by atoms with van der Waals surface area (Å²) in [7, 11) is 2.81. The van der Waals surface area contributed by atoms with Crippen molar-refractivity contribution in [2.75, 3.05) is 14.2 Å². The third kappa shape index (κ3) is 2.39. The number of methoxy groups -OCH3 is 1. The van der Waals surface area contributed by atoms with Crippen molar-refractivity contribution in [3.8, 4) is 0 Å². The zero-order valence-electron chi connectivity index (χ0n) is 15.0. The van der Waals surface area contributed by atoms with Gasteiger partial charge in [0.25, 0.3) is 0 Å². The summed E-state index contributed by atoms with van der Waals surface area (Å²) in [6.45, 7) is 3.92. The Morgan fingerprint density at radius 3 is 2.56 bits per heavy atom. The molecule has 0 bridgehead atoms. The van der Waals surface area contributed by atoms with Crippen molar-refractivity contribution in [1.82, 2.24) is 10.2 Å². The highest BCUT2D eigenvalue weighted by atomic mass is 16.5. The number of esters is 1. The summed E-state index contributed by atoms with van der Waals surface area (Å²) in [6, 6.07) is 7.35. The fourth-order valence-corrected chi connectivity index (χ4v) is 4.45. The van der Waals surface area contributed by atoms with E-state index in [-0.39, 0.29) is 11.8 Å². The number of aryl methyl sites for hydroxylation is 1. The number of ether oxygens (including phenoxy) is 1. The summed E-state index contributed by atoms with van der Waals surface area (Å²) in [4.78, 5) is 39.5. The number of hydrogen-bond acceptors (Lipinski definition) is 5. The second-order valence-corrected chi connectivity index (χ2v) is 6.93. The second kappa shape index (κ2) is 6.26. The molecule has 2 aliphatic rings. The smallest absolute Gasteiger partial charge is 0.326 e. The molecule has 2 heterocycles. The SMILES string of the molecule is CCCC1(C(=O)OC)NC(c2ccccc2C)C2C(=O)N(C)C(=O)C21. The van der Waals surface area contributed by atoms with Crippen molar-refractivity contribution in [3.63, 3.8) is 0 Å². The summed E-state index contributed by atoms with van der Waals surface area (Å²) in [5, 5.41) is 3.35. The predicted molar refractivity (Wildman–Crippen MR) is 91.5 cm³/mol. The summed E-state index contributed by atoms with van der Waals surface area (Å²) in [5.41, 5.74) is 0.792. The number of benzene rings is 1. The maximum Gasteiger partial charge on any atom is 0.326 e. The Balaban J connectivity index is 2.17. The highest BCUT2D eigenvalue weighted by molar-refractivity contribution is 6.09. The van der Waals surface area contributed by atoms with Gasteiger partial charge in [0.1, 0.15) is 5.54 Å². The van der Waals surface area contributed by atoms with Crippen LogP contribution in [0.25, 0.3) is 0 Å². The zero-order chi connectivity index (χ0) is 18.4. The summed E-state index contributed by atoms with van der Waals surface area (Å²) in [6.07, 6.45) is 1.13. The molecule has 0 saturated carbocycles. The van der Waals surface area contributed by atoms with Crippen molar-refractivity contribution in [1.29, 1.82) is 0 Å². The van der Waals surface area contributed by atoms with E-state index >= 15 is 0 Å². The van der Waals surface area contributed by atoms with Crippen LogP contribution in [-0.4, -0.2) is 42.4 Å². The van der Waals surface area contributed by atoms with Crippen LogP contribution in [0, 0.1) is 18.8 Å². The summed E-state index contributed by atoms with van der Waals surface area (Å²) < 4.78 is 5.05. The van der Waals surface area contributed by atoms with Gasteiger partial charge in [-0.1, -0.05) is 37.6 Å². The molecular weight excluding hydrogens is 320 g/mol. The first-order valence-corrected chi connectivity index (χ1v) is 8.62. The molecule has 1 N–H and O–H groups in total. The van der Waals surface area contributed by atoms with Crippen LogP contribution in [0.15, 0.2) is 24.3 Å². The molecule has 0 aromatic heterocycles. The number of nitrogens with zero attached hydrogens (tertiary/aromatic N) is 1. The number of likely N-dealkylation sites (tertiary alicyclic amines) is 1. The third-order valence-electron chi connectivity index (χ3n) is 5.59. The quantitative estimate of drug-likeness (QED) is 0.663. The normalized spacial score (nSPS) is 31.4. The van der Waals surface area contributed by atoms with Crippen molar-refractivity contribution in [2.45, 2.75) is 38.3 Å².